The normalized spacial score (nSPS) is 10.4. The van der Waals surface area contributed by atoms with E-state index >= 15 is 0 Å². The second-order valence-electron chi connectivity index (χ2n) is 12.0. The number of hydrogen-bond donors (Lipinski definition) is 0. The molecule has 0 amide bonds. The predicted molar refractivity (Wildman–Crippen MR) is 184 cm³/mol. The third kappa shape index (κ3) is 12.9. The standard InChI is InChI=1S/C20H26.2C9H12.C2H6O/c1-13(2)17-7-9-19(15(5)11-17)20-10-8-18(14(3)4)12-16(20)6;2*1-8(2)9-6-4-3-5-7-9;1-3-2/h7-14H,1-6H3;2*3-8H,1-2H3;1-2H3. The van der Waals surface area contributed by atoms with Crippen molar-refractivity contribution in [3.8, 4) is 11.1 Å². The van der Waals surface area contributed by atoms with Gasteiger partial charge in [0.1, 0.15) is 0 Å². The second kappa shape index (κ2) is 19.1. The van der Waals surface area contributed by atoms with Gasteiger partial charge in [0, 0.05) is 14.2 Å². The summed E-state index contributed by atoms with van der Waals surface area (Å²) in [6, 6.07) is 34.8. The van der Waals surface area contributed by atoms with Gasteiger partial charge >= 0.3 is 0 Å². The zero-order valence-electron chi connectivity index (χ0n) is 28.0. The molecule has 0 atom stereocenters. The van der Waals surface area contributed by atoms with E-state index in [1.807, 2.05) is 12.1 Å². The fourth-order valence-electron chi connectivity index (χ4n) is 4.37. The summed E-state index contributed by atoms with van der Waals surface area (Å²) in [7, 11) is 3.25. The van der Waals surface area contributed by atoms with E-state index in [0.717, 1.165) is 0 Å². The molecule has 4 aromatic rings. The summed E-state index contributed by atoms with van der Waals surface area (Å²) < 4.78 is 4.25. The fraction of sp³-hybridized carbons (Fsp3) is 0.400. The van der Waals surface area contributed by atoms with Crippen LogP contribution in [0.25, 0.3) is 11.1 Å². The zero-order chi connectivity index (χ0) is 30.9. The Bertz CT molecular complexity index is 1140. The third-order valence-corrected chi connectivity index (χ3v) is 7.06. The van der Waals surface area contributed by atoms with Gasteiger partial charge in [0.05, 0.1) is 0 Å². The van der Waals surface area contributed by atoms with E-state index in [4.69, 9.17) is 0 Å². The van der Waals surface area contributed by atoms with Crippen molar-refractivity contribution in [2.24, 2.45) is 0 Å². The van der Waals surface area contributed by atoms with Gasteiger partial charge in [0.25, 0.3) is 0 Å². The molecule has 0 saturated heterocycles. The molecule has 0 fully saturated rings. The molecule has 4 rings (SSSR count). The van der Waals surface area contributed by atoms with Gasteiger partial charge in [0.2, 0.25) is 0 Å². The molecule has 0 N–H and O–H groups in total. The van der Waals surface area contributed by atoms with Crippen molar-refractivity contribution in [1.82, 2.24) is 0 Å². The number of hydrogen-bond acceptors (Lipinski definition) is 1. The zero-order valence-corrected chi connectivity index (χ0v) is 28.0. The van der Waals surface area contributed by atoms with Crippen molar-refractivity contribution >= 4 is 0 Å². The Labute approximate surface area is 253 Å². The average Bonchev–Trinajstić information content (AvgIpc) is 2.95. The van der Waals surface area contributed by atoms with Crippen LogP contribution in [0.2, 0.25) is 0 Å². The highest BCUT2D eigenvalue weighted by Crippen LogP contribution is 2.31. The lowest BCUT2D eigenvalue weighted by molar-refractivity contribution is 0.277. The lowest BCUT2D eigenvalue weighted by Gasteiger charge is -2.15. The van der Waals surface area contributed by atoms with Crippen LogP contribution >= 0.6 is 0 Å². The Morgan fingerprint density at radius 2 is 0.659 bits per heavy atom. The minimum Gasteiger partial charge on any atom is -0.388 e. The molecule has 4 aromatic carbocycles. The van der Waals surface area contributed by atoms with E-state index in [9.17, 15) is 0 Å². The molecule has 0 aliphatic carbocycles. The molecule has 0 unspecified atom stereocenters. The molecule has 0 spiro atoms. The van der Waals surface area contributed by atoms with Gasteiger partial charge in [-0.15, -0.1) is 0 Å². The number of ether oxygens (including phenoxy) is 1. The van der Waals surface area contributed by atoms with Crippen molar-refractivity contribution in [1.29, 1.82) is 0 Å². The van der Waals surface area contributed by atoms with Gasteiger partial charge in [-0.05, 0) is 82.0 Å². The Morgan fingerprint density at radius 3 is 0.854 bits per heavy atom. The predicted octanol–water partition coefficient (Wildman–Crippen LogP) is 12.1. The maximum Gasteiger partial charge on any atom is 0.0351 e. The molecule has 0 radical (unpaired) electrons. The van der Waals surface area contributed by atoms with Crippen LogP contribution < -0.4 is 0 Å². The summed E-state index contributed by atoms with van der Waals surface area (Å²) in [4.78, 5) is 0. The molecule has 1 heteroatoms. The summed E-state index contributed by atoms with van der Waals surface area (Å²) in [5.41, 5.74) is 11.1. The summed E-state index contributed by atoms with van der Waals surface area (Å²) in [5.74, 6) is 2.50. The van der Waals surface area contributed by atoms with Crippen molar-refractivity contribution < 1.29 is 4.74 Å². The monoisotopic (exact) mass is 552 g/mol. The van der Waals surface area contributed by atoms with Gasteiger partial charge in [-0.1, -0.05) is 152 Å². The molecule has 0 aliphatic heterocycles. The number of benzene rings is 4. The van der Waals surface area contributed by atoms with Crippen LogP contribution in [-0.2, 0) is 4.74 Å². The topological polar surface area (TPSA) is 9.23 Å². The summed E-state index contributed by atoms with van der Waals surface area (Å²) in [6.45, 7) is 22.2. The quantitative estimate of drug-likeness (QED) is 0.239. The molecule has 41 heavy (non-hydrogen) atoms. The van der Waals surface area contributed by atoms with Crippen molar-refractivity contribution in [3.05, 3.63) is 130 Å². The number of rotatable bonds is 5. The molecule has 0 aromatic heterocycles. The highest BCUT2D eigenvalue weighted by molar-refractivity contribution is 5.71. The molecule has 0 aliphatic rings. The van der Waals surface area contributed by atoms with Crippen molar-refractivity contribution in [3.63, 3.8) is 0 Å². The lowest BCUT2D eigenvalue weighted by atomic mass is 9.90. The van der Waals surface area contributed by atoms with Crippen LogP contribution in [0.5, 0.6) is 0 Å². The van der Waals surface area contributed by atoms with E-state index < -0.39 is 0 Å². The number of methoxy groups -OCH3 is 1. The number of aryl methyl sites for hydroxylation is 2. The minimum atomic E-state index is 0.590. The summed E-state index contributed by atoms with van der Waals surface area (Å²) >= 11 is 0. The first-order valence-corrected chi connectivity index (χ1v) is 15.1. The molecular weight excluding hydrogens is 496 g/mol. The van der Waals surface area contributed by atoms with E-state index in [0.29, 0.717) is 23.7 Å². The van der Waals surface area contributed by atoms with E-state index in [1.165, 1.54) is 44.5 Å². The van der Waals surface area contributed by atoms with Gasteiger partial charge in [-0.3, -0.25) is 0 Å². The van der Waals surface area contributed by atoms with Gasteiger partial charge in [-0.25, -0.2) is 0 Å². The highest BCUT2D eigenvalue weighted by Gasteiger charge is 2.09. The first kappa shape index (κ1) is 35.9. The van der Waals surface area contributed by atoms with Gasteiger partial charge in [0.15, 0.2) is 0 Å². The van der Waals surface area contributed by atoms with E-state index in [1.54, 1.807) is 14.2 Å². The minimum absolute atomic E-state index is 0.590. The van der Waals surface area contributed by atoms with E-state index in [-0.39, 0.29) is 0 Å². The maximum atomic E-state index is 4.25. The van der Waals surface area contributed by atoms with Gasteiger partial charge < -0.3 is 4.74 Å². The molecule has 222 valence electrons. The Kier molecular flexibility index (Phi) is 16.7. The second-order valence-corrected chi connectivity index (χ2v) is 12.0. The molecule has 0 saturated carbocycles. The Morgan fingerprint density at radius 1 is 0.390 bits per heavy atom. The van der Waals surface area contributed by atoms with Crippen LogP contribution in [0.3, 0.4) is 0 Å². The Hall–Kier alpha value is -3.16. The van der Waals surface area contributed by atoms with Crippen LogP contribution in [-0.4, -0.2) is 14.2 Å². The molecule has 0 heterocycles. The lowest BCUT2D eigenvalue weighted by Crippen LogP contribution is -1.94. The molecule has 1 nitrogen and oxygen atoms in total. The molecular formula is C40H56O. The largest absolute Gasteiger partial charge is 0.388 e. The van der Waals surface area contributed by atoms with E-state index in [2.05, 4.69) is 159 Å². The summed E-state index contributed by atoms with van der Waals surface area (Å²) in [6.07, 6.45) is 0. The fourth-order valence-corrected chi connectivity index (χ4v) is 4.37. The maximum absolute atomic E-state index is 4.25. The smallest absolute Gasteiger partial charge is 0.0351 e. The van der Waals surface area contributed by atoms with Crippen molar-refractivity contribution in [2.75, 3.05) is 14.2 Å². The first-order chi connectivity index (χ1) is 19.4. The Balaban J connectivity index is 0.000000331. The van der Waals surface area contributed by atoms with Crippen LogP contribution in [0.4, 0.5) is 0 Å². The van der Waals surface area contributed by atoms with Crippen molar-refractivity contribution in [2.45, 2.75) is 92.9 Å². The summed E-state index contributed by atoms with van der Waals surface area (Å²) in [5, 5.41) is 0. The SMILES string of the molecule is CC(C)c1ccccc1.CC(C)c1ccccc1.COC.Cc1cc(C(C)C)ccc1-c1ccc(C(C)C)cc1C. The van der Waals surface area contributed by atoms with Gasteiger partial charge in [-0.2, -0.15) is 0 Å². The van der Waals surface area contributed by atoms with Crippen LogP contribution in [0.15, 0.2) is 97.1 Å². The van der Waals surface area contributed by atoms with Crippen LogP contribution in [0.1, 0.15) is 112 Å². The highest BCUT2D eigenvalue weighted by atomic mass is 16.4. The third-order valence-electron chi connectivity index (χ3n) is 7.06. The van der Waals surface area contributed by atoms with Crippen LogP contribution in [0, 0.1) is 13.8 Å². The molecule has 0 bridgehead atoms. The average molecular weight is 553 g/mol. The first-order valence-electron chi connectivity index (χ1n) is 15.1.